The lowest BCUT2D eigenvalue weighted by molar-refractivity contribution is -0.148. The summed E-state index contributed by atoms with van der Waals surface area (Å²) in [5.41, 5.74) is 1.36. The van der Waals surface area contributed by atoms with Gasteiger partial charge in [0.2, 0.25) is 0 Å². The molecule has 3 atom stereocenters. The van der Waals surface area contributed by atoms with E-state index in [0.29, 0.717) is 35.1 Å². The summed E-state index contributed by atoms with van der Waals surface area (Å²) in [6.07, 6.45) is 5.26. The normalized spacial score (nSPS) is 22.3. The third-order valence-electron chi connectivity index (χ3n) is 6.16. The molecule has 1 amide bonds. The Balaban J connectivity index is 1.32. The lowest BCUT2D eigenvalue weighted by atomic mass is 9.86. The number of carbonyl (C=O) groups excluding carboxylic acids is 3. The highest BCUT2D eigenvalue weighted by atomic mass is 16.5. The number of nitrogens with one attached hydrogen (secondary N) is 1. The van der Waals surface area contributed by atoms with Crippen molar-refractivity contribution in [2.45, 2.75) is 32.1 Å². The molecule has 2 saturated carbocycles. The molecule has 2 aliphatic rings. The van der Waals surface area contributed by atoms with Crippen LogP contribution < -0.4 is 5.32 Å². The van der Waals surface area contributed by atoms with Gasteiger partial charge < -0.3 is 10.1 Å². The zero-order valence-electron chi connectivity index (χ0n) is 16.3. The van der Waals surface area contributed by atoms with Crippen LogP contribution in [-0.4, -0.2) is 24.3 Å². The Hall–Kier alpha value is -2.95. The minimum Gasteiger partial charge on any atom is -0.456 e. The molecule has 5 nitrogen and oxygen atoms in total. The third kappa shape index (κ3) is 4.56. The minimum absolute atomic E-state index is 0.171. The van der Waals surface area contributed by atoms with E-state index in [4.69, 9.17) is 4.74 Å². The number of amides is 1. The number of ether oxygens (including phenoxy) is 1. The van der Waals surface area contributed by atoms with Gasteiger partial charge >= 0.3 is 5.97 Å². The number of esters is 1. The highest BCUT2D eigenvalue weighted by Crippen LogP contribution is 2.49. The second-order valence-corrected chi connectivity index (χ2v) is 8.09. The number of carbonyl (C=O) groups is 3. The summed E-state index contributed by atoms with van der Waals surface area (Å²) in [6, 6.07) is 15.7. The Morgan fingerprint density at radius 3 is 2.41 bits per heavy atom. The van der Waals surface area contributed by atoms with Crippen molar-refractivity contribution in [3.8, 4) is 0 Å². The van der Waals surface area contributed by atoms with Gasteiger partial charge in [-0.25, -0.2) is 0 Å². The minimum atomic E-state index is -0.445. The molecule has 150 valence electrons. The molecule has 1 N–H and O–H groups in total. The fourth-order valence-electron chi connectivity index (χ4n) is 4.77. The summed E-state index contributed by atoms with van der Waals surface area (Å²) in [7, 11) is 0. The average Bonchev–Trinajstić information content (AvgIpc) is 3.36. The summed E-state index contributed by atoms with van der Waals surface area (Å²) in [4.78, 5) is 37.2. The van der Waals surface area contributed by atoms with Crippen molar-refractivity contribution in [3.05, 3.63) is 65.7 Å². The highest BCUT2D eigenvalue weighted by Gasteiger charge is 2.40. The van der Waals surface area contributed by atoms with Crippen LogP contribution in [0.3, 0.4) is 0 Å². The molecular formula is C24H25NO4. The van der Waals surface area contributed by atoms with E-state index >= 15 is 0 Å². The van der Waals surface area contributed by atoms with E-state index in [2.05, 4.69) is 5.32 Å². The van der Waals surface area contributed by atoms with Crippen LogP contribution in [0.4, 0.5) is 5.69 Å². The fraction of sp³-hybridized carbons (Fsp3) is 0.375. The largest absolute Gasteiger partial charge is 0.456 e. The van der Waals surface area contributed by atoms with Crippen molar-refractivity contribution in [3.63, 3.8) is 0 Å². The van der Waals surface area contributed by atoms with Crippen molar-refractivity contribution in [2.75, 3.05) is 11.9 Å². The summed E-state index contributed by atoms with van der Waals surface area (Å²) in [5.74, 6) is 0.909. The first kappa shape index (κ1) is 19.4. The lowest BCUT2D eigenvalue weighted by Gasteiger charge is -2.20. The van der Waals surface area contributed by atoms with Gasteiger partial charge in [0.1, 0.15) is 0 Å². The molecule has 0 aromatic heterocycles. The first-order chi connectivity index (χ1) is 14.1. The van der Waals surface area contributed by atoms with Gasteiger partial charge in [-0.05, 0) is 49.1 Å². The van der Waals surface area contributed by atoms with E-state index < -0.39 is 5.91 Å². The summed E-state index contributed by atoms with van der Waals surface area (Å²) >= 11 is 0. The summed E-state index contributed by atoms with van der Waals surface area (Å²) in [6.45, 7) is -0.340. The Kier molecular flexibility index (Phi) is 5.74. The molecule has 2 aromatic rings. The van der Waals surface area contributed by atoms with Gasteiger partial charge in [-0.2, -0.15) is 0 Å². The maximum atomic E-state index is 12.7. The Bertz CT molecular complexity index is 908. The van der Waals surface area contributed by atoms with E-state index in [-0.39, 0.29) is 18.4 Å². The van der Waals surface area contributed by atoms with E-state index in [9.17, 15) is 14.4 Å². The Morgan fingerprint density at radius 1 is 0.931 bits per heavy atom. The van der Waals surface area contributed by atoms with Crippen LogP contribution in [0.15, 0.2) is 54.6 Å². The van der Waals surface area contributed by atoms with Crippen LogP contribution in [0.25, 0.3) is 0 Å². The van der Waals surface area contributed by atoms with Crippen molar-refractivity contribution in [1.29, 1.82) is 0 Å². The van der Waals surface area contributed by atoms with E-state index in [1.165, 1.54) is 19.3 Å². The molecule has 5 heteroatoms. The number of fused-ring (bicyclic) bond motifs is 2. The van der Waals surface area contributed by atoms with Crippen molar-refractivity contribution >= 4 is 23.3 Å². The van der Waals surface area contributed by atoms with Gasteiger partial charge in [0.25, 0.3) is 5.91 Å². The predicted molar refractivity (Wildman–Crippen MR) is 109 cm³/mol. The van der Waals surface area contributed by atoms with Crippen LogP contribution in [0.1, 0.15) is 48.0 Å². The van der Waals surface area contributed by atoms with Crippen LogP contribution in [-0.2, 0) is 14.3 Å². The third-order valence-corrected chi connectivity index (χ3v) is 6.16. The average molecular weight is 391 g/mol. The topological polar surface area (TPSA) is 72.5 Å². The zero-order chi connectivity index (χ0) is 20.2. The van der Waals surface area contributed by atoms with Gasteiger partial charge in [0, 0.05) is 17.5 Å². The molecule has 2 aliphatic carbocycles. The Labute approximate surface area is 170 Å². The molecule has 0 aliphatic heterocycles. The molecule has 2 aromatic carbocycles. The quantitative estimate of drug-likeness (QED) is 0.566. The first-order valence-corrected chi connectivity index (χ1v) is 10.2. The number of rotatable bonds is 7. The number of ketones is 1. The standard InChI is InChI=1S/C24H25NO4/c26-22(15-29-23(27)14-19-13-16-10-11-18(19)12-16)25-21-9-5-4-8-20(21)24(28)17-6-2-1-3-7-17/h1-9,16,18-19H,10-15H2,(H,25,26)/t16-,18+,19-/m0/s1. The maximum absolute atomic E-state index is 12.7. The highest BCUT2D eigenvalue weighted by molar-refractivity contribution is 6.13. The molecule has 0 spiro atoms. The number of benzene rings is 2. The molecule has 4 rings (SSSR count). The Morgan fingerprint density at radius 2 is 1.69 bits per heavy atom. The number of anilines is 1. The fourth-order valence-corrected chi connectivity index (χ4v) is 4.77. The SMILES string of the molecule is O=C(COC(=O)C[C@@H]1C[C@H]2CC[C@@H]1C2)Nc1ccccc1C(=O)c1ccccc1. The molecule has 0 saturated heterocycles. The number of hydrogen-bond donors (Lipinski definition) is 1. The van der Waals surface area contributed by atoms with Crippen molar-refractivity contribution < 1.29 is 19.1 Å². The van der Waals surface area contributed by atoms with Crippen molar-refractivity contribution in [2.24, 2.45) is 17.8 Å². The lowest BCUT2D eigenvalue weighted by Crippen LogP contribution is -2.24. The summed E-state index contributed by atoms with van der Waals surface area (Å²) in [5, 5.41) is 2.70. The molecular weight excluding hydrogens is 366 g/mol. The monoisotopic (exact) mass is 391 g/mol. The first-order valence-electron chi connectivity index (χ1n) is 10.2. The molecule has 29 heavy (non-hydrogen) atoms. The van der Waals surface area contributed by atoms with Crippen LogP contribution in [0, 0.1) is 17.8 Å². The van der Waals surface area contributed by atoms with Gasteiger partial charge in [0.15, 0.2) is 12.4 Å². The van der Waals surface area contributed by atoms with Crippen LogP contribution in [0.5, 0.6) is 0 Å². The molecule has 2 bridgehead atoms. The van der Waals surface area contributed by atoms with Gasteiger partial charge in [-0.15, -0.1) is 0 Å². The van der Waals surface area contributed by atoms with Gasteiger partial charge in [-0.3, -0.25) is 14.4 Å². The summed E-state index contributed by atoms with van der Waals surface area (Å²) < 4.78 is 5.19. The number of hydrogen-bond acceptors (Lipinski definition) is 4. The predicted octanol–water partition coefficient (Wildman–Crippen LogP) is 4.23. The van der Waals surface area contributed by atoms with Crippen LogP contribution in [0.2, 0.25) is 0 Å². The van der Waals surface area contributed by atoms with Gasteiger partial charge in [-0.1, -0.05) is 48.9 Å². The maximum Gasteiger partial charge on any atom is 0.306 e. The molecule has 0 unspecified atom stereocenters. The number of para-hydroxylation sites is 1. The molecule has 0 radical (unpaired) electrons. The molecule has 0 heterocycles. The molecule has 2 fully saturated rings. The zero-order valence-corrected chi connectivity index (χ0v) is 16.3. The second kappa shape index (κ2) is 8.60. The second-order valence-electron chi connectivity index (χ2n) is 8.09. The van der Waals surface area contributed by atoms with Crippen LogP contribution >= 0.6 is 0 Å². The van der Waals surface area contributed by atoms with Crippen molar-refractivity contribution in [1.82, 2.24) is 0 Å². The smallest absolute Gasteiger partial charge is 0.306 e. The van der Waals surface area contributed by atoms with E-state index in [1.807, 2.05) is 6.07 Å². The van der Waals surface area contributed by atoms with E-state index in [1.54, 1.807) is 48.5 Å². The van der Waals surface area contributed by atoms with E-state index in [0.717, 1.165) is 12.3 Å². The van der Waals surface area contributed by atoms with Gasteiger partial charge in [0.05, 0.1) is 5.69 Å².